The number of carbonyl (C=O) groups excluding carboxylic acids is 1. The van der Waals surface area contributed by atoms with Crippen molar-refractivity contribution < 1.29 is 9.53 Å². The molecule has 8 nitrogen and oxygen atoms in total. The SMILES string of the molecule is Cc1c(N2CCC3=C/CCC=C(Nc4ccc(N5CCC(C=O)CC5)cc4)/N=C\3C2)cnc2c1NCCO2. The minimum Gasteiger partial charge on any atom is -0.474 e. The molecule has 38 heavy (non-hydrogen) atoms. The lowest BCUT2D eigenvalue weighted by molar-refractivity contribution is -0.111. The van der Waals surface area contributed by atoms with Crippen molar-refractivity contribution in [2.24, 2.45) is 10.9 Å². The van der Waals surface area contributed by atoms with Crippen molar-refractivity contribution in [3.8, 4) is 5.88 Å². The fourth-order valence-electron chi connectivity index (χ4n) is 5.77. The lowest BCUT2D eigenvalue weighted by Crippen LogP contribution is -2.38. The molecule has 0 bridgehead atoms. The number of nitrogens with one attached hydrogen (secondary N) is 2. The molecular formula is C30H36N6O2. The molecule has 4 aliphatic heterocycles. The highest BCUT2D eigenvalue weighted by Crippen LogP contribution is 2.36. The second-order valence-corrected chi connectivity index (χ2v) is 10.5. The molecule has 0 saturated carbocycles. The Morgan fingerprint density at radius 1 is 1.08 bits per heavy atom. The summed E-state index contributed by atoms with van der Waals surface area (Å²) >= 11 is 0. The number of nitrogens with zero attached hydrogens (tertiary/aromatic N) is 4. The van der Waals surface area contributed by atoms with Gasteiger partial charge in [0.25, 0.3) is 0 Å². The molecule has 5 heterocycles. The highest BCUT2D eigenvalue weighted by molar-refractivity contribution is 6.05. The van der Waals surface area contributed by atoms with Crippen LogP contribution in [0.5, 0.6) is 5.88 Å². The van der Waals surface area contributed by atoms with E-state index in [2.05, 4.69) is 68.8 Å². The second kappa shape index (κ2) is 10.9. The average molecular weight is 513 g/mol. The van der Waals surface area contributed by atoms with Crippen LogP contribution in [-0.2, 0) is 4.79 Å². The Kier molecular flexibility index (Phi) is 7.03. The molecule has 0 spiro atoms. The Morgan fingerprint density at radius 2 is 1.89 bits per heavy atom. The van der Waals surface area contributed by atoms with E-state index in [9.17, 15) is 4.79 Å². The number of hydrogen-bond donors (Lipinski definition) is 2. The fraction of sp³-hybridized carbons (Fsp3) is 0.433. The number of anilines is 4. The second-order valence-electron chi connectivity index (χ2n) is 10.5. The normalized spacial score (nSPS) is 22.6. The van der Waals surface area contributed by atoms with Gasteiger partial charge in [0.05, 0.1) is 24.1 Å². The van der Waals surface area contributed by atoms with Crippen LogP contribution in [0, 0.1) is 12.8 Å². The number of ether oxygens (including phenoxy) is 1. The molecule has 1 aromatic heterocycles. The number of hydrogen-bond acceptors (Lipinski definition) is 8. The molecule has 0 amide bonds. The quantitative estimate of drug-likeness (QED) is 0.550. The van der Waals surface area contributed by atoms with Gasteiger partial charge in [-0.25, -0.2) is 9.98 Å². The number of allylic oxidation sites excluding steroid dienone is 2. The lowest BCUT2D eigenvalue weighted by atomic mass is 9.98. The predicted molar refractivity (Wildman–Crippen MR) is 154 cm³/mol. The molecule has 2 saturated heterocycles. The summed E-state index contributed by atoms with van der Waals surface area (Å²) in [6.07, 6.45) is 12.4. The molecule has 0 unspecified atom stereocenters. The summed E-state index contributed by atoms with van der Waals surface area (Å²) in [6, 6.07) is 8.58. The van der Waals surface area contributed by atoms with Crippen molar-refractivity contribution in [1.29, 1.82) is 0 Å². The van der Waals surface area contributed by atoms with Crippen LogP contribution in [0.1, 0.15) is 37.7 Å². The van der Waals surface area contributed by atoms with Crippen LogP contribution in [0.3, 0.4) is 0 Å². The van der Waals surface area contributed by atoms with E-state index < -0.39 is 0 Å². The first-order chi connectivity index (χ1) is 18.7. The van der Waals surface area contributed by atoms with Gasteiger partial charge in [0.1, 0.15) is 24.4 Å². The Morgan fingerprint density at radius 3 is 2.71 bits per heavy atom. The topological polar surface area (TPSA) is 82.1 Å². The first-order valence-electron chi connectivity index (χ1n) is 13.8. The first kappa shape index (κ1) is 24.5. The maximum atomic E-state index is 11.1. The molecule has 0 aliphatic carbocycles. The van der Waals surface area contributed by atoms with Gasteiger partial charge in [0.2, 0.25) is 5.88 Å². The molecule has 198 valence electrons. The Bertz CT molecular complexity index is 1270. The van der Waals surface area contributed by atoms with Crippen LogP contribution in [0.25, 0.3) is 0 Å². The van der Waals surface area contributed by atoms with Crippen LogP contribution in [0.15, 0.2) is 59.0 Å². The van der Waals surface area contributed by atoms with E-state index >= 15 is 0 Å². The van der Waals surface area contributed by atoms with Crippen LogP contribution >= 0.6 is 0 Å². The summed E-state index contributed by atoms with van der Waals surface area (Å²) in [7, 11) is 0. The summed E-state index contributed by atoms with van der Waals surface area (Å²) in [6.45, 7) is 7.17. The van der Waals surface area contributed by atoms with Gasteiger partial charge in [0, 0.05) is 49.0 Å². The third-order valence-corrected chi connectivity index (χ3v) is 8.01. The third-order valence-electron chi connectivity index (χ3n) is 8.01. The smallest absolute Gasteiger partial charge is 0.237 e. The number of aldehydes is 1. The number of benzene rings is 1. The molecule has 8 heteroatoms. The van der Waals surface area contributed by atoms with Crippen LogP contribution in [0.2, 0.25) is 0 Å². The number of pyridine rings is 1. The van der Waals surface area contributed by atoms with Crippen LogP contribution < -0.4 is 25.2 Å². The number of aliphatic imine (C=N–C) groups is 1. The van der Waals surface area contributed by atoms with Crippen molar-refractivity contribution in [1.82, 2.24) is 4.98 Å². The predicted octanol–water partition coefficient (Wildman–Crippen LogP) is 4.93. The van der Waals surface area contributed by atoms with Crippen LogP contribution in [0.4, 0.5) is 22.7 Å². The molecule has 0 radical (unpaired) electrons. The minimum absolute atomic E-state index is 0.213. The maximum absolute atomic E-state index is 11.1. The number of fused-ring (bicyclic) bond motifs is 2. The zero-order valence-corrected chi connectivity index (χ0v) is 22.1. The largest absolute Gasteiger partial charge is 0.474 e. The van der Waals surface area contributed by atoms with Gasteiger partial charge in [-0.15, -0.1) is 0 Å². The van der Waals surface area contributed by atoms with E-state index in [4.69, 9.17) is 9.73 Å². The number of rotatable bonds is 5. The zero-order valence-electron chi connectivity index (χ0n) is 22.1. The summed E-state index contributed by atoms with van der Waals surface area (Å²) in [4.78, 5) is 25.5. The molecule has 1 aromatic carbocycles. The molecule has 0 atom stereocenters. The van der Waals surface area contributed by atoms with Crippen molar-refractivity contribution in [2.45, 2.75) is 39.0 Å². The van der Waals surface area contributed by atoms with E-state index in [0.29, 0.717) is 12.5 Å². The van der Waals surface area contributed by atoms with Gasteiger partial charge in [-0.3, -0.25) is 0 Å². The van der Waals surface area contributed by atoms with Gasteiger partial charge < -0.3 is 30.0 Å². The summed E-state index contributed by atoms with van der Waals surface area (Å²) < 4.78 is 5.73. The van der Waals surface area contributed by atoms with Crippen LogP contribution in [-0.4, -0.2) is 56.3 Å². The molecule has 2 aromatic rings. The molecular weight excluding hydrogens is 476 g/mol. The van der Waals surface area contributed by atoms with E-state index in [0.717, 1.165) is 99.7 Å². The van der Waals surface area contributed by atoms with Gasteiger partial charge in [-0.05, 0) is 74.9 Å². The molecule has 4 aliphatic rings. The molecule has 6 rings (SSSR count). The number of piperidine rings is 2. The summed E-state index contributed by atoms with van der Waals surface area (Å²) in [5.74, 6) is 1.82. The third kappa shape index (κ3) is 5.12. The Balaban J connectivity index is 1.17. The van der Waals surface area contributed by atoms with Gasteiger partial charge in [0.15, 0.2) is 0 Å². The summed E-state index contributed by atoms with van der Waals surface area (Å²) in [5, 5.41) is 7.02. The highest BCUT2D eigenvalue weighted by Gasteiger charge is 2.25. The molecule has 2 fully saturated rings. The monoisotopic (exact) mass is 512 g/mol. The van der Waals surface area contributed by atoms with E-state index in [-0.39, 0.29) is 5.92 Å². The Labute approximate surface area is 224 Å². The zero-order chi connectivity index (χ0) is 25.9. The fourth-order valence-corrected chi connectivity index (χ4v) is 5.77. The van der Waals surface area contributed by atoms with Gasteiger partial charge in [-0.1, -0.05) is 6.08 Å². The van der Waals surface area contributed by atoms with Gasteiger partial charge >= 0.3 is 0 Å². The minimum atomic E-state index is 0.213. The van der Waals surface area contributed by atoms with Crippen molar-refractivity contribution >= 4 is 34.7 Å². The highest BCUT2D eigenvalue weighted by atomic mass is 16.5. The number of carbonyl (C=O) groups is 1. The van der Waals surface area contributed by atoms with Crippen molar-refractivity contribution in [2.75, 3.05) is 59.8 Å². The number of aromatic nitrogens is 1. The average Bonchev–Trinajstić information content (AvgIpc) is 2.95. The standard InChI is InChI=1S/C30H36N6O2/c1-21-27(18-32-30-29(21)31-13-17-38-30)36-16-12-23-4-2-3-5-28(34-26(23)19-36)33-24-6-8-25(9-7-24)35-14-10-22(20-37)11-15-35/h4-9,18,20,22,31,33H,2-3,10-17,19H2,1H3/b23-4-,28-5?,34-26-. The lowest BCUT2D eigenvalue weighted by Gasteiger charge is -2.34. The first-order valence-corrected chi connectivity index (χ1v) is 13.8. The Hall–Kier alpha value is -3.81. The maximum Gasteiger partial charge on any atom is 0.237 e. The van der Waals surface area contributed by atoms with E-state index in [1.807, 2.05) is 6.20 Å². The van der Waals surface area contributed by atoms with Gasteiger partial charge in [-0.2, -0.15) is 0 Å². The van der Waals surface area contributed by atoms with Crippen molar-refractivity contribution in [3.05, 3.63) is 59.6 Å². The summed E-state index contributed by atoms with van der Waals surface area (Å²) in [5.41, 5.74) is 8.04. The van der Waals surface area contributed by atoms with Crippen molar-refractivity contribution in [3.63, 3.8) is 0 Å². The van der Waals surface area contributed by atoms with E-state index in [1.54, 1.807) is 0 Å². The molecule has 2 N–H and O–H groups in total. The van der Waals surface area contributed by atoms with E-state index in [1.165, 1.54) is 16.8 Å².